The summed E-state index contributed by atoms with van der Waals surface area (Å²) in [5, 5.41) is 7.63. The molecule has 0 fully saturated rings. The van der Waals surface area contributed by atoms with Gasteiger partial charge in [0.1, 0.15) is 0 Å². The number of rotatable bonds is 6. The quantitative estimate of drug-likeness (QED) is 0.789. The fourth-order valence-corrected chi connectivity index (χ4v) is 2.13. The lowest BCUT2D eigenvalue weighted by molar-refractivity contribution is 0.572. The van der Waals surface area contributed by atoms with Crippen LogP contribution in [-0.2, 0) is 6.42 Å². The summed E-state index contributed by atoms with van der Waals surface area (Å²) in [7, 11) is 0. The van der Waals surface area contributed by atoms with Crippen LogP contribution in [0.2, 0.25) is 0 Å². The molecular formula is C10H19N3S. The highest BCUT2D eigenvalue weighted by molar-refractivity contribution is 7.05. The number of nitrogens with one attached hydrogen (secondary N) is 1. The van der Waals surface area contributed by atoms with Gasteiger partial charge in [0.05, 0.1) is 10.6 Å². The maximum absolute atomic E-state index is 4.16. The number of hydrogen-bond acceptors (Lipinski definition) is 4. The molecule has 0 spiro atoms. The summed E-state index contributed by atoms with van der Waals surface area (Å²) in [6.45, 7) is 7.60. The molecule has 1 unspecified atom stereocenters. The number of aryl methyl sites for hydroxylation is 1. The van der Waals surface area contributed by atoms with Crippen LogP contribution in [0.25, 0.3) is 0 Å². The Kier molecular flexibility index (Phi) is 5.04. The Hall–Kier alpha value is -0.480. The number of nitrogens with zero attached hydrogens (tertiary/aromatic N) is 2. The van der Waals surface area contributed by atoms with E-state index in [4.69, 9.17) is 0 Å². The molecule has 1 aromatic heterocycles. The minimum Gasteiger partial charge on any atom is -0.309 e. The summed E-state index contributed by atoms with van der Waals surface area (Å²) in [4.78, 5) is 1.31. The third kappa shape index (κ3) is 3.03. The molecule has 0 radical (unpaired) electrons. The molecule has 0 saturated carbocycles. The molecule has 0 saturated heterocycles. The van der Waals surface area contributed by atoms with Crippen LogP contribution < -0.4 is 5.32 Å². The van der Waals surface area contributed by atoms with E-state index in [2.05, 4.69) is 35.7 Å². The molecule has 0 aliphatic carbocycles. The highest BCUT2D eigenvalue weighted by atomic mass is 32.1. The van der Waals surface area contributed by atoms with Crippen molar-refractivity contribution in [2.45, 2.75) is 46.1 Å². The first kappa shape index (κ1) is 11.6. The zero-order chi connectivity index (χ0) is 10.4. The fourth-order valence-electron chi connectivity index (χ4n) is 1.41. The monoisotopic (exact) mass is 213 g/mol. The van der Waals surface area contributed by atoms with E-state index in [9.17, 15) is 0 Å². The average Bonchev–Trinajstić information content (AvgIpc) is 2.63. The van der Waals surface area contributed by atoms with Crippen molar-refractivity contribution in [3.63, 3.8) is 0 Å². The SMILES string of the molecule is CCCNC(C)c1snnc1CCC. The third-order valence-corrected chi connectivity index (χ3v) is 3.11. The molecule has 0 aromatic carbocycles. The van der Waals surface area contributed by atoms with Crippen molar-refractivity contribution in [3.8, 4) is 0 Å². The molecule has 0 amide bonds. The van der Waals surface area contributed by atoms with Crippen LogP contribution in [0.3, 0.4) is 0 Å². The Bertz CT molecular complexity index is 260. The minimum atomic E-state index is 0.400. The van der Waals surface area contributed by atoms with E-state index in [-0.39, 0.29) is 0 Å². The van der Waals surface area contributed by atoms with Crippen molar-refractivity contribution in [2.24, 2.45) is 0 Å². The van der Waals surface area contributed by atoms with Gasteiger partial charge >= 0.3 is 0 Å². The van der Waals surface area contributed by atoms with E-state index >= 15 is 0 Å². The summed E-state index contributed by atoms with van der Waals surface area (Å²) in [5.41, 5.74) is 1.17. The van der Waals surface area contributed by atoms with Crippen LogP contribution in [0.5, 0.6) is 0 Å². The van der Waals surface area contributed by atoms with E-state index in [1.165, 1.54) is 28.5 Å². The van der Waals surface area contributed by atoms with Crippen LogP contribution in [0.1, 0.15) is 50.2 Å². The Morgan fingerprint density at radius 2 is 2.14 bits per heavy atom. The molecule has 0 aliphatic rings. The van der Waals surface area contributed by atoms with Gasteiger partial charge in [-0.1, -0.05) is 24.8 Å². The molecule has 1 heterocycles. The molecule has 0 bridgehead atoms. The lowest BCUT2D eigenvalue weighted by Crippen LogP contribution is -2.19. The van der Waals surface area contributed by atoms with E-state index in [1.807, 2.05) is 0 Å². The molecule has 1 atom stereocenters. The first-order valence-corrected chi connectivity index (χ1v) is 6.11. The predicted octanol–water partition coefficient (Wildman–Crippen LogP) is 2.55. The second-order valence-corrected chi connectivity index (χ2v) is 4.30. The molecule has 0 aliphatic heterocycles. The van der Waals surface area contributed by atoms with Gasteiger partial charge in [-0.25, -0.2) is 0 Å². The highest BCUT2D eigenvalue weighted by Crippen LogP contribution is 2.20. The van der Waals surface area contributed by atoms with Crippen molar-refractivity contribution in [1.82, 2.24) is 14.9 Å². The van der Waals surface area contributed by atoms with Gasteiger partial charge in [0.15, 0.2) is 0 Å². The van der Waals surface area contributed by atoms with Crippen molar-refractivity contribution >= 4 is 11.5 Å². The summed E-state index contributed by atoms with van der Waals surface area (Å²) < 4.78 is 4.02. The zero-order valence-electron chi connectivity index (χ0n) is 9.21. The maximum atomic E-state index is 4.16. The fraction of sp³-hybridized carbons (Fsp3) is 0.800. The summed E-state index contributed by atoms with van der Waals surface area (Å²) in [6, 6.07) is 0.400. The molecule has 3 nitrogen and oxygen atoms in total. The lowest BCUT2D eigenvalue weighted by atomic mass is 10.1. The summed E-state index contributed by atoms with van der Waals surface area (Å²) >= 11 is 1.52. The molecule has 1 rings (SSSR count). The Morgan fingerprint density at radius 3 is 2.79 bits per heavy atom. The van der Waals surface area contributed by atoms with Gasteiger partial charge in [0.2, 0.25) is 0 Å². The summed E-state index contributed by atoms with van der Waals surface area (Å²) in [5.74, 6) is 0. The standard InChI is InChI=1S/C10H19N3S/c1-4-6-9-10(14-13-12-9)8(3)11-7-5-2/h8,11H,4-7H2,1-3H3. The summed E-state index contributed by atoms with van der Waals surface area (Å²) in [6.07, 6.45) is 3.35. The predicted molar refractivity (Wildman–Crippen MR) is 60.6 cm³/mol. The second kappa shape index (κ2) is 6.09. The van der Waals surface area contributed by atoms with E-state index < -0.39 is 0 Å². The second-order valence-electron chi connectivity index (χ2n) is 3.51. The van der Waals surface area contributed by atoms with Crippen LogP contribution in [-0.4, -0.2) is 16.1 Å². The molecule has 4 heteroatoms. The largest absolute Gasteiger partial charge is 0.309 e. The van der Waals surface area contributed by atoms with Crippen molar-refractivity contribution in [3.05, 3.63) is 10.6 Å². The van der Waals surface area contributed by atoms with Crippen LogP contribution in [0.4, 0.5) is 0 Å². The van der Waals surface area contributed by atoms with Gasteiger partial charge in [0.25, 0.3) is 0 Å². The number of hydrogen-bond donors (Lipinski definition) is 1. The lowest BCUT2D eigenvalue weighted by Gasteiger charge is -2.11. The van der Waals surface area contributed by atoms with Crippen LogP contribution in [0, 0.1) is 0 Å². The number of aromatic nitrogens is 2. The molecule has 14 heavy (non-hydrogen) atoms. The van der Waals surface area contributed by atoms with Crippen molar-refractivity contribution in [1.29, 1.82) is 0 Å². The minimum absolute atomic E-state index is 0.400. The molecular weight excluding hydrogens is 194 g/mol. The first-order chi connectivity index (χ1) is 6.79. The van der Waals surface area contributed by atoms with E-state index in [0.29, 0.717) is 6.04 Å². The van der Waals surface area contributed by atoms with Crippen LogP contribution in [0.15, 0.2) is 0 Å². The Morgan fingerprint density at radius 1 is 1.36 bits per heavy atom. The van der Waals surface area contributed by atoms with Crippen LogP contribution >= 0.6 is 11.5 Å². The normalized spacial score (nSPS) is 13.1. The van der Waals surface area contributed by atoms with Gasteiger partial charge in [0, 0.05) is 6.04 Å². The maximum Gasteiger partial charge on any atom is 0.0803 e. The highest BCUT2D eigenvalue weighted by Gasteiger charge is 2.13. The van der Waals surface area contributed by atoms with Gasteiger partial charge in [-0.15, -0.1) is 5.10 Å². The average molecular weight is 213 g/mol. The third-order valence-electron chi connectivity index (χ3n) is 2.17. The van der Waals surface area contributed by atoms with Gasteiger partial charge < -0.3 is 5.32 Å². The van der Waals surface area contributed by atoms with E-state index in [0.717, 1.165) is 19.4 Å². The van der Waals surface area contributed by atoms with E-state index in [1.54, 1.807) is 0 Å². The molecule has 80 valence electrons. The zero-order valence-corrected chi connectivity index (χ0v) is 10.0. The Balaban J connectivity index is 2.58. The van der Waals surface area contributed by atoms with Crippen molar-refractivity contribution < 1.29 is 0 Å². The molecule has 1 N–H and O–H groups in total. The topological polar surface area (TPSA) is 37.8 Å². The van der Waals surface area contributed by atoms with Gasteiger partial charge in [-0.2, -0.15) is 0 Å². The smallest absolute Gasteiger partial charge is 0.0803 e. The van der Waals surface area contributed by atoms with Crippen molar-refractivity contribution in [2.75, 3.05) is 6.54 Å². The molecule has 1 aromatic rings. The van der Waals surface area contributed by atoms with Gasteiger partial charge in [-0.05, 0) is 37.8 Å². The first-order valence-electron chi connectivity index (χ1n) is 5.34. The van der Waals surface area contributed by atoms with Gasteiger partial charge in [-0.3, -0.25) is 0 Å². The Labute approximate surface area is 90.1 Å².